The van der Waals surface area contributed by atoms with Crippen LogP contribution in [0.25, 0.3) is 0 Å². The summed E-state index contributed by atoms with van der Waals surface area (Å²) in [4.78, 5) is 11.2. The van der Waals surface area contributed by atoms with Crippen molar-refractivity contribution in [2.45, 2.75) is 52.4 Å². The zero-order valence-electron chi connectivity index (χ0n) is 10.6. The number of unbranched alkanes of at least 4 members (excludes halogenated alkanes) is 1. The molecule has 16 heavy (non-hydrogen) atoms. The van der Waals surface area contributed by atoms with Crippen molar-refractivity contribution < 1.29 is 9.53 Å². The number of ether oxygens (including phenoxy) is 1. The van der Waals surface area contributed by atoms with E-state index in [1.165, 1.54) is 0 Å². The second-order valence-electron chi connectivity index (χ2n) is 3.66. The Morgan fingerprint density at radius 3 is 2.25 bits per heavy atom. The topological polar surface area (TPSA) is 26.3 Å². The first-order chi connectivity index (χ1) is 7.81. The van der Waals surface area contributed by atoms with Gasteiger partial charge in [0.15, 0.2) is 0 Å². The molecule has 0 amide bonds. The van der Waals surface area contributed by atoms with Gasteiger partial charge in [0.1, 0.15) is 0 Å². The standard InChI is InChI=1S/C14H24O2/c1-3-5-7-9-10-12-14(15)16-13-11-8-6-4-2/h5-8H,3-4,9-13H2,1-2H3. The van der Waals surface area contributed by atoms with E-state index in [-0.39, 0.29) is 5.97 Å². The summed E-state index contributed by atoms with van der Waals surface area (Å²) in [5.41, 5.74) is 0. The summed E-state index contributed by atoms with van der Waals surface area (Å²) < 4.78 is 5.08. The van der Waals surface area contributed by atoms with Crippen LogP contribution in [-0.2, 0) is 9.53 Å². The van der Waals surface area contributed by atoms with Crippen LogP contribution < -0.4 is 0 Å². The summed E-state index contributed by atoms with van der Waals surface area (Å²) in [5, 5.41) is 0. The van der Waals surface area contributed by atoms with Gasteiger partial charge < -0.3 is 4.74 Å². The van der Waals surface area contributed by atoms with Crippen molar-refractivity contribution in [2.24, 2.45) is 0 Å². The first kappa shape index (κ1) is 14.9. The molecule has 0 aromatic heterocycles. The van der Waals surface area contributed by atoms with Gasteiger partial charge in [-0.15, -0.1) is 0 Å². The highest BCUT2D eigenvalue weighted by Crippen LogP contribution is 2.00. The lowest BCUT2D eigenvalue weighted by Crippen LogP contribution is -2.04. The molecule has 0 aliphatic rings. The van der Waals surface area contributed by atoms with Gasteiger partial charge in [-0.3, -0.25) is 4.79 Å². The average Bonchev–Trinajstić information content (AvgIpc) is 2.28. The van der Waals surface area contributed by atoms with Gasteiger partial charge in [0.2, 0.25) is 0 Å². The van der Waals surface area contributed by atoms with Gasteiger partial charge >= 0.3 is 5.97 Å². The molecule has 0 heterocycles. The number of allylic oxidation sites excluding steroid dienone is 3. The zero-order valence-corrected chi connectivity index (χ0v) is 10.6. The Morgan fingerprint density at radius 1 is 1.00 bits per heavy atom. The van der Waals surface area contributed by atoms with E-state index >= 15 is 0 Å². The van der Waals surface area contributed by atoms with E-state index in [1.807, 2.05) is 0 Å². The first-order valence-corrected chi connectivity index (χ1v) is 6.26. The van der Waals surface area contributed by atoms with Crippen molar-refractivity contribution in [3.63, 3.8) is 0 Å². The molecule has 2 heteroatoms. The van der Waals surface area contributed by atoms with E-state index in [0.717, 1.165) is 32.1 Å². The van der Waals surface area contributed by atoms with Crippen LogP contribution in [0, 0.1) is 0 Å². The highest BCUT2D eigenvalue weighted by Gasteiger charge is 1.99. The molecule has 0 spiro atoms. The lowest BCUT2D eigenvalue weighted by Gasteiger charge is -2.01. The number of carbonyl (C=O) groups excluding carboxylic acids is 1. The fraction of sp³-hybridized carbons (Fsp3) is 0.643. The molecule has 0 aromatic carbocycles. The summed E-state index contributed by atoms with van der Waals surface area (Å²) in [5.74, 6) is -0.0743. The molecule has 92 valence electrons. The molecule has 0 bridgehead atoms. The predicted molar refractivity (Wildman–Crippen MR) is 68.3 cm³/mol. The lowest BCUT2D eigenvalue weighted by molar-refractivity contribution is -0.143. The SMILES string of the molecule is CCC=CCCCC(=O)OCCC=CCC. The highest BCUT2D eigenvalue weighted by atomic mass is 16.5. The van der Waals surface area contributed by atoms with E-state index in [1.54, 1.807) is 0 Å². The minimum atomic E-state index is -0.0743. The Kier molecular flexibility index (Phi) is 11.2. The molecule has 0 N–H and O–H groups in total. The maximum Gasteiger partial charge on any atom is 0.305 e. The third kappa shape index (κ3) is 11.0. The quantitative estimate of drug-likeness (QED) is 0.336. The fourth-order valence-electron chi connectivity index (χ4n) is 1.25. The van der Waals surface area contributed by atoms with Crippen LogP contribution in [0.5, 0.6) is 0 Å². The van der Waals surface area contributed by atoms with Crippen LogP contribution in [0.2, 0.25) is 0 Å². The summed E-state index contributed by atoms with van der Waals surface area (Å²) in [7, 11) is 0. The number of rotatable bonds is 9. The number of esters is 1. The normalized spacial score (nSPS) is 11.4. The summed E-state index contributed by atoms with van der Waals surface area (Å²) >= 11 is 0. The Morgan fingerprint density at radius 2 is 1.62 bits per heavy atom. The molecular weight excluding hydrogens is 200 g/mol. The van der Waals surface area contributed by atoms with Crippen molar-refractivity contribution in [3.05, 3.63) is 24.3 Å². The van der Waals surface area contributed by atoms with E-state index in [2.05, 4.69) is 38.2 Å². The minimum absolute atomic E-state index is 0.0743. The molecule has 0 radical (unpaired) electrons. The van der Waals surface area contributed by atoms with Crippen molar-refractivity contribution >= 4 is 5.97 Å². The molecule has 0 aromatic rings. The average molecular weight is 224 g/mol. The summed E-state index contributed by atoms with van der Waals surface area (Å²) in [6.45, 7) is 4.71. The second-order valence-corrected chi connectivity index (χ2v) is 3.66. The molecule has 0 fully saturated rings. The molecule has 0 saturated heterocycles. The highest BCUT2D eigenvalue weighted by molar-refractivity contribution is 5.69. The van der Waals surface area contributed by atoms with Gasteiger partial charge in [-0.2, -0.15) is 0 Å². The lowest BCUT2D eigenvalue weighted by atomic mass is 10.2. The van der Waals surface area contributed by atoms with E-state index in [4.69, 9.17) is 4.74 Å². The Hall–Kier alpha value is -1.05. The summed E-state index contributed by atoms with van der Waals surface area (Å²) in [6, 6.07) is 0. The van der Waals surface area contributed by atoms with E-state index < -0.39 is 0 Å². The monoisotopic (exact) mass is 224 g/mol. The fourth-order valence-corrected chi connectivity index (χ4v) is 1.25. The third-order valence-corrected chi connectivity index (χ3v) is 2.10. The molecule has 0 saturated carbocycles. The molecule has 0 aliphatic carbocycles. The van der Waals surface area contributed by atoms with Crippen LogP contribution in [0.15, 0.2) is 24.3 Å². The van der Waals surface area contributed by atoms with Gasteiger partial charge in [0, 0.05) is 6.42 Å². The molecule has 0 atom stereocenters. The van der Waals surface area contributed by atoms with Crippen molar-refractivity contribution in [1.29, 1.82) is 0 Å². The van der Waals surface area contributed by atoms with Crippen LogP contribution in [0.4, 0.5) is 0 Å². The molecule has 0 rings (SSSR count). The number of hydrogen-bond acceptors (Lipinski definition) is 2. The van der Waals surface area contributed by atoms with E-state index in [9.17, 15) is 4.79 Å². The van der Waals surface area contributed by atoms with Gasteiger partial charge in [0.25, 0.3) is 0 Å². The maximum atomic E-state index is 11.2. The number of carbonyl (C=O) groups is 1. The van der Waals surface area contributed by atoms with Crippen molar-refractivity contribution in [3.8, 4) is 0 Å². The van der Waals surface area contributed by atoms with Crippen LogP contribution in [-0.4, -0.2) is 12.6 Å². The minimum Gasteiger partial charge on any atom is -0.465 e. The van der Waals surface area contributed by atoms with Crippen molar-refractivity contribution in [2.75, 3.05) is 6.61 Å². The molecular formula is C14H24O2. The van der Waals surface area contributed by atoms with E-state index in [0.29, 0.717) is 13.0 Å². The third-order valence-electron chi connectivity index (χ3n) is 2.10. The van der Waals surface area contributed by atoms with Crippen LogP contribution in [0.3, 0.4) is 0 Å². The van der Waals surface area contributed by atoms with Crippen LogP contribution in [0.1, 0.15) is 52.4 Å². The molecule has 2 nitrogen and oxygen atoms in total. The first-order valence-electron chi connectivity index (χ1n) is 6.26. The van der Waals surface area contributed by atoms with Gasteiger partial charge in [-0.05, 0) is 32.1 Å². The number of hydrogen-bond donors (Lipinski definition) is 0. The maximum absolute atomic E-state index is 11.2. The smallest absolute Gasteiger partial charge is 0.305 e. The molecule has 0 aliphatic heterocycles. The predicted octanol–water partition coefficient (Wildman–Crippen LogP) is 4.02. The second kappa shape index (κ2) is 12.0. The van der Waals surface area contributed by atoms with Crippen molar-refractivity contribution in [1.82, 2.24) is 0 Å². The Labute approximate surface area is 99.4 Å². The summed E-state index contributed by atoms with van der Waals surface area (Å²) in [6.07, 6.45) is 13.7. The van der Waals surface area contributed by atoms with Crippen LogP contribution >= 0.6 is 0 Å². The van der Waals surface area contributed by atoms with Gasteiger partial charge in [0.05, 0.1) is 6.61 Å². The Bertz CT molecular complexity index is 195. The van der Waals surface area contributed by atoms with Gasteiger partial charge in [-0.1, -0.05) is 38.2 Å². The Balaban J connectivity index is 3.31. The largest absolute Gasteiger partial charge is 0.465 e. The van der Waals surface area contributed by atoms with Gasteiger partial charge in [-0.25, -0.2) is 0 Å². The molecule has 0 unspecified atom stereocenters. The zero-order chi connectivity index (χ0) is 12.1.